The molecule has 1 heterocycles. The van der Waals surface area contributed by atoms with E-state index in [1.54, 1.807) is 0 Å². The summed E-state index contributed by atoms with van der Waals surface area (Å²) in [6.07, 6.45) is 5.83. The summed E-state index contributed by atoms with van der Waals surface area (Å²) in [7, 11) is 0. The van der Waals surface area contributed by atoms with Gasteiger partial charge in [-0.15, -0.1) is 0 Å². The van der Waals surface area contributed by atoms with Crippen molar-refractivity contribution in [1.29, 1.82) is 5.26 Å². The lowest BCUT2D eigenvalue weighted by molar-refractivity contribution is 0.198. The van der Waals surface area contributed by atoms with Gasteiger partial charge in [0.2, 0.25) is 0 Å². The van der Waals surface area contributed by atoms with Crippen molar-refractivity contribution in [2.24, 2.45) is 5.92 Å². The molecule has 0 bridgehead atoms. The molecule has 1 rings (SSSR count). The van der Waals surface area contributed by atoms with E-state index in [0.717, 1.165) is 44.3 Å². The van der Waals surface area contributed by atoms with E-state index in [-0.39, 0.29) is 5.54 Å². The van der Waals surface area contributed by atoms with Crippen LogP contribution in [0.4, 0.5) is 0 Å². The molecule has 0 amide bonds. The minimum absolute atomic E-state index is 0.344. The van der Waals surface area contributed by atoms with Gasteiger partial charge in [-0.05, 0) is 64.6 Å². The maximum atomic E-state index is 9.32. The number of nitrogens with one attached hydrogen (secondary N) is 1. The van der Waals surface area contributed by atoms with Gasteiger partial charge in [0.05, 0.1) is 6.07 Å². The zero-order valence-electron chi connectivity index (χ0n) is 13.2. The first-order valence-corrected chi connectivity index (χ1v) is 7.92. The van der Waals surface area contributed by atoms with E-state index in [1.807, 2.05) is 6.92 Å². The maximum absolute atomic E-state index is 9.32. The molecule has 0 aliphatic carbocycles. The first-order chi connectivity index (χ1) is 9.02. The number of rotatable bonds is 8. The largest absolute Gasteiger partial charge is 0.300 e. The molecule has 110 valence electrons. The standard InChI is InChI=1S/C16H31N3/c1-5-10-18-16(4,13-17)9-7-12-19-11-6-8-15(19)14(2)3/h14-15,18H,5-12H2,1-4H3. The fourth-order valence-electron chi connectivity index (χ4n) is 3.10. The Hall–Kier alpha value is -0.590. The smallest absolute Gasteiger partial charge is 0.103 e. The molecule has 0 aromatic heterocycles. The first kappa shape index (κ1) is 16.5. The third kappa shape index (κ3) is 5.12. The topological polar surface area (TPSA) is 39.1 Å². The molecule has 0 spiro atoms. The van der Waals surface area contributed by atoms with Crippen LogP contribution in [-0.4, -0.2) is 36.1 Å². The van der Waals surface area contributed by atoms with Crippen molar-refractivity contribution in [3.63, 3.8) is 0 Å². The highest BCUT2D eigenvalue weighted by atomic mass is 15.2. The maximum Gasteiger partial charge on any atom is 0.103 e. The third-order valence-corrected chi connectivity index (χ3v) is 4.32. The van der Waals surface area contributed by atoms with Crippen molar-refractivity contribution >= 4 is 0 Å². The van der Waals surface area contributed by atoms with E-state index < -0.39 is 0 Å². The van der Waals surface area contributed by atoms with Crippen LogP contribution in [0.5, 0.6) is 0 Å². The van der Waals surface area contributed by atoms with Gasteiger partial charge in [0.15, 0.2) is 0 Å². The summed E-state index contributed by atoms with van der Waals surface area (Å²) in [5.41, 5.74) is -0.344. The molecule has 1 saturated heterocycles. The number of likely N-dealkylation sites (tertiary alicyclic amines) is 1. The molecule has 1 aliphatic rings. The number of hydrogen-bond donors (Lipinski definition) is 1. The van der Waals surface area contributed by atoms with E-state index in [1.165, 1.54) is 19.4 Å². The molecular weight excluding hydrogens is 234 g/mol. The van der Waals surface area contributed by atoms with Crippen LogP contribution in [0.2, 0.25) is 0 Å². The van der Waals surface area contributed by atoms with Gasteiger partial charge in [0, 0.05) is 6.04 Å². The zero-order chi connectivity index (χ0) is 14.3. The molecule has 0 aromatic carbocycles. The van der Waals surface area contributed by atoms with Crippen LogP contribution in [0.25, 0.3) is 0 Å². The predicted octanol–water partition coefficient (Wildman–Crippen LogP) is 3.17. The van der Waals surface area contributed by atoms with Gasteiger partial charge in [0.1, 0.15) is 5.54 Å². The monoisotopic (exact) mass is 265 g/mol. The quantitative estimate of drug-likeness (QED) is 0.732. The molecule has 0 radical (unpaired) electrons. The van der Waals surface area contributed by atoms with E-state index in [9.17, 15) is 5.26 Å². The van der Waals surface area contributed by atoms with Gasteiger partial charge < -0.3 is 4.90 Å². The minimum Gasteiger partial charge on any atom is -0.300 e. The summed E-state index contributed by atoms with van der Waals surface area (Å²) in [5.74, 6) is 0.753. The average molecular weight is 265 g/mol. The minimum atomic E-state index is -0.344. The predicted molar refractivity (Wildman–Crippen MR) is 81.0 cm³/mol. The summed E-state index contributed by atoms with van der Waals surface area (Å²) >= 11 is 0. The molecule has 3 nitrogen and oxygen atoms in total. The number of nitriles is 1. The molecule has 0 saturated carbocycles. The molecule has 2 atom stereocenters. The van der Waals surface area contributed by atoms with Crippen LogP contribution < -0.4 is 5.32 Å². The van der Waals surface area contributed by atoms with Gasteiger partial charge in [-0.2, -0.15) is 5.26 Å². The Morgan fingerprint density at radius 1 is 1.47 bits per heavy atom. The van der Waals surface area contributed by atoms with E-state index >= 15 is 0 Å². The second kappa shape index (κ2) is 7.87. The molecule has 0 aromatic rings. The Kier molecular flexibility index (Phi) is 6.82. The number of nitrogens with zero attached hydrogens (tertiary/aromatic N) is 2. The lowest BCUT2D eigenvalue weighted by atomic mass is 9.96. The highest BCUT2D eigenvalue weighted by Crippen LogP contribution is 2.24. The highest BCUT2D eigenvalue weighted by molar-refractivity contribution is 5.03. The summed E-state index contributed by atoms with van der Waals surface area (Å²) in [6.45, 7) is 12.1. The van der Waals surface area contributed by atoms with Gasteiger partial charge in [0.25, 0.3) is 0 Å². The summed E-state index contributed by atoms with van der Waals surface area (Å²) in [4.78, 5) is 2.63. The van der Waals surface area contributed by atoms with Crippen molar-refractivity contribution in [3.05, 3.63) is 0 Å². The average Bonchev–Trinajstić information content (AvgIpc) is 2.85. The zero-order valence-corrected chi connectivity index (χ0v) is 13.2. The highest BCUT2D eigenvalue weighted by Gasteiger charge is 2.28. The normalized spacial score (nSPS) is 23.5. The SMILES string of the molecule is CCCNC(C)(C#N)CCCN1CCCC1C(C)C. The molecule has 3 heteroatoms. The van der Waals surface area contributed by atoms with Crippen molar-refractivity contribution in [2.45, 2.75) is 71.4 Å². The Morgan fingerprint density at radius 2 is 2.21 bits per heavy atom. The Morgan fingerprint density at radius 3 is 2.79 bits per heavy atom. The van der Waals surface area contributed by atoms with E-state index in [2.05, 4.69) is 37.1 Å². The van der Waals surface area contributed by atoms with Crippen LogP contribution in [0.3, 0.4) is 0 Å². The Labute approximate surface area is 119 Å². The second-order valence-electron chi connectivity index (χ2n) is 6.46. The summed E-state index contributed by atoms with van der Waals surface area (Å²) < 4.78 is 0. The van der Waals surface area contributed by atoms with Crippen LogP contribution >= 0.6 is 0 Å². The van der Waals surface area contributed by atoms with Crippen molar-refractivity contribution < 1.29 is 0 Å². The lowest BCUT2D eigenvalue weighted by Crippen LogP contribution is -2.42. The molecule has 2 unspecified atom stereocenters. The van der Waals surface area contributed by atoms with Crippen LogP contribution in [0.15, 0.2) is 0 Å². The van der Waals surface area contributed by atoms with Crippen LogP contribution in [-0.2, 0) is 0 Å². The fourth-order valence-corrected chi connectivity index (χ4v) is 3.10. The molecular formula is C16H31N3. The van der Waals surface area contributed by atoms with E-state index in [0.29, 0.717) is 0 Å². The Balaban J connectivity index is 2.34. The first-order valence-electron chi connectivity index (χ1n) is 7.92. The fraction of sp³-hybridized carbons (Fsp3) is 0.938. The second-order valence-corrected chi connectivity index (χ2v) is 6.46. The molecule has 1 aliphatic heterocycles. The van der Waals surface area contributed by atoms with Gasteiger partial charge in [-0.25, -0.2) is 0 Å². The van der Waals surface area contributed by atoms with Crippen LogP contribution in [0.1, 0.15) is 59.8 Å². The summed E-state index contributed by atoms with van der Waals surface area (Å²) in [6, 6.07) is 3.20. The van der Waals surface area contributed by atoms with Gasteiger partial charge >= 0.3 is 0 Å². The molecule has 19 heavy (non-hydrogen) atoms. The Bertz CT molecular complexity index is 295. The van der Waals surface area contributed by atoms with Crippen molar-refractivity contribution in [1.82, 2.24) is 10.2 Å². The van der Waals surface area contributed by atoms with Gasteiger partial charge in [-0.1, -0.05) is 20.8 Å². The molecule has 1 N–H and O–H groups in total. The van der Waals surface area contributed by atoms with Crippen molar-refractivity contribution in [2.75, 3.05) is 19.6 Å². The lowest BCUT2D eigenvalue weighted by Gasteiger charge is -2.29. The van der Waals surface area contributed by atoms with Gasteiger partial charge in [-0.3, -0.25) is 5.32 Å². The number of hydrogen-bond acceptors (Lipinski definition) is 3. The van der Waals surface area contributed by atoms with Crippen LogP contribution in [0, 0.1) is 17.2 Å². The summed E-state index contributed by atoms with van der Waals surface area (Å²) in [5, 5.41) is 12.7. The third-order valence-electron chi connectivity index (χ3n) is 4.32. The van der Waals surface area contributed by atoms with Crippen molar-refractivity contribution in [3.8, 4) is 6.07 Å². The van der Waals surface area contributed by atoms with E-state index in [4.69, 9.17) is 0 Å². The molecule has 1 fully saturated rings.